The smallest absolute Gasteiger partial charge is 0.255 e. The van der Waals surface area contributed by atoms with Gasteiger partial charge in [-0.05, 0) is 54.7 Å². The number of nitrogens with zero attached hydrogens (tertiary/aromatic N) is 1. The van der Waals surface area contributed by atoms with Crippen LogP contribution in [0.3, 0.4) is 0 Å². The molecule has 0 radical (unpaired) electrons. The largest absolute Gasteiger partial charge is 0.319 e. The molecule has 0 aliphatic carbocycles. The summed E-state index contributed by atoms with van der Waals surface area (Å²) in [6.45, 7) is 4.98. The lowest BCUT2D eigenvalue weighted by Crippen LogP contribution is -2.42. The molecule has 1 amide bonds. The van der Waals surface area contributed by atoms with E-state index in [4.69, 9.17) is 0 Å². The van der Waals surface area contributed by atoms with E-state index in [1.54, 1.807) is 0 Å². The van der Waals surface area contributed by atoms with Crippen LogP contribution in [0.5, 0.6) is 0 Å². The van der Waals surface area contributed by atoms with Crippen LogP contribution in [0.2, 0.25) is 0 Å². The molecule has 1 aliphatic rings. The molecule has 0 saturated carbocycles. The van der Waals surface area contributed by atoms with Crippen molar-refractivity contribution in [2.24, 2.45) is 11.8 Å². The minimum Gasteiger partial charge on any atom is -0.319 e. The van der Waals surface area contributed by atoms with E-state index in [1.165, 1.54) is 28.6 Å². The molecular formula is C20H22F2N2O3S. The van der Waals surface area contributed by atoms with Gasteiger partial charge in [0.2, 0.25) is 10.0 Å². The predicted octanol–water partition coefficient (Wildman–Crippen LogP) is 3.88. The molecule has 8 heteroatoms. The summed E-state index contributed by atoms with van der Waals surface area (Å²) >= 11 is 0. The second-order valence-electron chi connectivity index (χ2n) is 7.37. The first-order chi connectivity index (χ1) is 13.2. The summed E-state index contributed by atoms with van der Waals surface area (Å²) in [6.07, 6.45) is 0.988. The van der Waals surface area contributed by atoms with Crippen LogP contribution in [0, 0.1) is 23.5 Å². The Labute approximate surface area is 163 Å². The van der Waals surface area contributed by atoms with Gasteiger partial charge in [0.25, 0.3) is 5.91 Å². The van der Waals surface area contributed by atoms with Crippen molar-refractivity contribution in [3.8, 4) is 0 Å². The fourth-order valence-electron chi connectivity index (χ4n) is 3.52. The SMILES string of the molecule is CC1CC(C)CN(S(=O)(=O)c2ccc(C(=O)Nc3cc(F)ccc3F)cc2)C1. The average molecular weight is 408 g/mol. The molecular weight excluding hydrogens is 386 g/mol. The number of sulfonamides is 1. The van der Waals surface area contributed by atoms with Crippen molar-refractivity contribution in [3.05, 3.63) is 59.7 Å². The van der Waals surface area contributed by atoms with E-state index in [1.807, 2.05) is 13.8 Å². The van der Waals surface area contributed by atoms with Crippen LogP contribution in [-0.2, 0) is 10.0 Å². The summed E-state index contributed by atoms with van der Waals surface area (Å²) in [4.78, 5) is 12.4. The van der Waals surface area contributed by atoms with Crippen molar-refractivity contribution in [2.75, 3.05) is 18.4 Å². The topological polar surface area (TPSA) is 66.5 Å². The van der Waals surface area contributed by atoms with Crippen LogP contribution >= 0.6 is 0 Å². The molecule has 3 rings (SSSR count). The van der Waals surface area contributed by atoms with Gasteiger partial charge < -0.3 is 5.32 Å². The molecule has 2 aromatic rings. The molecule has 2 unspecified atom stereocenters. The van der Waals surface area contributed by atoms with Gasteiger partial charge in [-0.1, -0.05) is 13.8 Å². The van der Waals surface area contributed by atoms with E-state index in [9.17, 15) is 22.0 Å². The van der Waals surface area contributed by atoms with Crippen molar-refractivity contribution in [1.29, 1.82) is 0 Å². The Kier molecular flexibility index (Phi) is 5.81. The molecule has 0 spiro atoms. The number of piperidine rings is 1. The fourth-order valence-corrected chi connectivity index (χ4v) is 5.20. The first-order valence-electron chi connectivity index (χ1n) is 9.03. The Morgan fingerprint density at radius 1 is 1.04 bits per heavy atom. The van der Waals surface area contributed by atoms with Crippen molar-refractivity contribution < 1.29 is 22.0 Å². The Morgan fingerprint density at radius 3 is 2.25 bits per heavy atom. The van der Waals surface area contributed by atoms with Crippen LogP contribution in [0.1, 0.15) is 30.6 Å². The number of hydrogen-bond acceptors (Lipinski definition) is 3. The van der Waals surface area contributed by atoms with Crippen LogP contribution in [0.25, 0.3) is 0 Å². The van der Waals surface area contributed by atoms with Gasteiger partial charge in [0.15, 0.2) is 0 Å². The molecule has 2 aromatic carbocycles. The first-order valence-corrected chi connectivity index (χ1v) is 10.5. The molecule has 0 aromatic heterocycles. The number of amides is 1. The van der Waals surface area contributed by atoms with Crippen molar-refractivity contribution in [3.63, 3.8) is 0 Å². The molecule has 0 bridgehead atoms. The van der Waals surface area contributed by atoms with E-state index < -0.39 is 27.6 Å². The average Bonchev–Trinajstić information content (AvgIpc) is 2.64. The first kappa shape index (κ1) is 20.4. The van der Waals surface area contributed by atoms with Crippen molar-refractivity contribution >= 4 is 21.6 Å². The fraction of sp³-hybridized carbons (Fsp3) is 0.350. The number of carbonyl (C=O) groups is 1. The lowest BCUT2D eigenvalue weighted by molar-refractivity contribution is 0.102. The molecule has 1 fully saturated rings. The summed E-state index contributed by atoms with van der Waals surface area (Å²) in [7, 11) is -3.65. The van der Waals surface area contributed by atoms with E-state index >= 15 is 0 Å². The molecule has 5 nitrogen and oxygen atoms in total. The van der Waals surface area contributed by atoms with Gasteiger partial charge >= 0.3 is 0 Å². The molecule has 1 heterocycles. The number of rotatable bonds is 4. The zero-order valence-electron chi connectivity index (χ0n) is 15.7. The zero-order valence-corrected chi connectivity index (χ0v) is 16.5. The lowest BCUT2D eigenvalue weighted by Gasteiger charge is -2.34. The minimum atomic E-state index is -3.65. The molecule has 1 saturated heterocycles. The minimum absolute atomic E-state index is 0.0993. The third-order valence-corrected chi connectivity index (χ3v) is 6.61. The second kappa shape index (κ2) is 7.97. The Hall–Kier alpha value is -2.32. The van der Waals surface area contributed by atoms with E-state index in [2.05, 4.69) is 5.32 Å². The number of carbonyl (C=O) groups excluding carboxylic acids is 1. The summed E-state index contributed by atoms with van der Waals surface area (Å²) < 4.78 is 54.1. The van der Waals surface area contributed by atoms with Crippen LogP contribution in [-0.4, -0.2) is 31.7 Å². The van der Waals surface area contributed by atoms with Crippen LogP contribution < -0.4 is 5.32 Å². The maximum absolute atomic E-state index is 13.7. The summed E-state index contributed by atoms with van der Waals surface area (Å²) in [5, 5.41) is 2.29. The van der Waals surface area contributed by atoms with E-state index in [-0.39, 0.29) is 28.0 Å². The highest BCUT2D eigenvalue weighted by Crippen LogP contribution is 2.27. The van der Waals surface area contributed by atoms with E-state index in [0.29, 0.717) is 13.1 Å². The number of anilines is 1. The van der Waals surface area contributed by atoms with Gasteiger partial charge in [-0.15, -0.1) is 0 Å². The maximum atomic E-state index is 13.7. The normalized spacial score (nSPS) is 20.7. The van der Waals surface area contributed by atoms with Gasteiger partial charge in [0.05, 0.1) is 10.6 Å². The Balaban J connectivity index is 1.77. The molecule has 1 N–H and O–H groups in total. The van der Waals surface area contributed by atoms with Crippen LogP contribution in [0.4, 0.5) is 14.5 Å². The van der Waals surface area contributed by atoms with Crippen LogP contribution in [0.15, 0.2) is 47.4 Å². The number of nitrogens with one attached hydrogen (secondary N) is 1. The summed E-state index contributed by atoms with van der Waals surface area (Å²) in [5.41, 5.74) is -0.138. The van der Waals surface area contributed by atoms with Gasteiger partial charge in [-0.3, -0.25) is 4.79 Å². The van der Waals surface area contributed by atoms with Crippen molar-refractivity contribution in [1.82, 2.24) is 4.31 Å². The molecule has 28 heavy (non-hydrogen) atoms. The molecule has 1 aliphatic heterocycles. The summed E-state index contributed by atoms with van der Waals surface area (Å²) in [6, 6.07) is 8.18. The van der Waals surface area contributed by atoms with Crippen molar-refractivity contribution in [2.45, 2.75) is 25.2 Å². The third-order valence-electron chi connectivity index (χ3n) is 4.77. The van der Waals surface area contributed by atoms with E-state index in [0.717, 1.165) is 24.6 Å². The molecule has 150 valence electrons. The highest BCUT2D eigenvalue weighted by atomic mass is 32.2. The predicted molar refractivity (Wildman–Crippen MR) is 102 cm³/mol. The van der Waals surface area contributed by atoms with Gasteiger partial charge in [-0.25, -0.2) is 17.2 Å². The van der Waals surface area contributed by atoms with Gasteiger partial charge in [-0.2, -0.15) is 4.31 Å². The number of benzene rings is 2. The molecule has 2 atom stereocenters. The zero-order chi connectivity index (χ0) is 20.5. The van der Waals surface area contributed by atoms with Gasteiger partial charge in [0, 0.05) is 24.7 Å². The third kappa shape index (κ3) is 4.39. The Morgan fingerprint density at radius 2 is 1.64 bits per heavy atom. The quantitative estimate of drug-likeness (QED) is 0.835. The number of halogens is 2. The standard InChI is InChI=1S/C20H22F2N2O3S/c1-13-9-14(2)12-24(11-13)28(26,27)17-6-3-15(4-7-17)20(25)23-19-10-16(21)5-8-18(19)22/h3-8,10,13-14H,9,11-12H2,1-2H3,(H,23,25). The van der Waals surface area contributed by atoms with Gasteiger partial charge in [0.1, 0.15) is 11.6 Å². The highest BCUT2D eigenvalue weighted by Gasteiger charge is 2.31. The number of hydrogen-bond donors (Lipinski definition) is 1. The Bertz CT molecular complexity index is 967. The highest BCUT2D eigenvalue weighted by molar-refractivity contribution is 7.89. The second-order valence-corrected chi connectivity index (χ2v) is 9.31. The monoisotopic (exact) mass is 408 g/mol. The summed E-state index contributed by atoms with van der Waals surface area (Å²) in [5.74, 6) is -1.53. The lowest BCUT2D eigenvalue weighted by atomic mass is 9.94. The maximum Gasteiger partial charge on any atom is 0.255 e.